The number of amides is 1. The van der Waals surface area contributed by atoms with E-state index in [1.165, 1.54) is 11.3 Å². The zero-order chi connectivity index (χ0) is 14.0. The number of aliphatic carboxylic acids is 1. The minimum atomic E-state index is -1.02. The second kappa shape index (κ2) is 6.02. The molecule has 1 aromatic rings. The van der Waals surface area contributed by atoms with Crippen LogP contribution in [0.15, 0.2) is 15.9 Å². The quantitative estimate of drug-likeness (QED) is 0.907. The second-order valence-corrected chi connectivity index (χ2v) is 6.84. The van der Waals surface area contributed by atoms with Crippen molar-refractivity contribution in [3.8, 4) is 0 Å². The topological polar surface area (TPSA) is 66.8 Å². The largest absolute Gasteiger partial charge is 0.479 e. The Morgan fingerprint density at radius 2 is 2.32 bits per heavy atom. The van der Waals surface area contributed by atoms with E-state index in [9.17, 15) is 9.59 Å². The summed E-state index contributed by atoms with van der Waals surface area (Å²) in [6.45, 7) is 2.67. The SMILES string of the molecule is C[C@@H](C(=O)N1CCO[C@@H](C(=O)O)C1)c1ccc(Br)s1. The van der Waals surface area contributed by atoms with Gasteiger partial charge in [-0.25, -0.2) is 4.79 Å². The lowest BCUT2D eigenvalue weighted by molar-refractivity contribution is -0.159. The van der Waals surface area contributed by atoms with Crippen molar-refractivity contribution < 1.29 is 19.4 Å². The maximum atomic E-state index is 12.3. The molecule has 1 aliphatic rings. The van der Waals surface area contributed by atoms with Crippen LogP contribution in [0, 0.1) is 0 Å². The Bertz CT molecular complexity index is 490. The molecule has 0 aliphatic carbocycles. The number of nitrogens with zero attached hydrogens (tertiary/aromatic N) is 1. The lowest BCUT2D eigenvalue weighted by Gasteiger charge is -2.32. The Kier molecular flexibility index (Phi) is 4.59. The van der Waals surface area contributed by atoms with Gasteiger partial charge in [0.2, 0.25) is 5.91 Å². The molecule has 7 heteroatoms. The van der Waals surface area contributed by atoms with E-state index in [-0.39, 0.29) is 25.0 Å². The Morgan fingerprint density at radius 1 is 1.58 bits per heavy atom. The predicted molar refractivity (Wildman–Crippen MR) is 74.4 cm³/mol. The first-order chi connectivity index (χ1) is 8.99. The molecule has 0 spiro atoms. The number of rotatable bonds is 3. The van der Waals surface area contributed by atoms with Gasteiger partial charge in [0.25, 0.3) is 0 Å². The van der Waals surface area contributed by atoms with Gasteiger partial charge in [0, 0.05) is 11.4 Å². The van der Waals surface area contributed by atoms with Crippen molar-refractivity contribution >= 4 is 39.1 Å². The third-order valence-electron chi connectivity index (χ3n) is 3.04. The molecule has 1 N–H and O–H groups in total. The van der Waals surface area contributed by atoms with E-state index >= 15 is 0 Å². The van der Waals surface area contributed by atoms with Crippen LogP contribution in [0.25, 0.3) is 0 Å². The maximum absolute atomic E-state index is 12.3. The molecule has 2 rings (SSSR count). The van der Waals surface area contributed by atoms with E-state index in [0.29, 0.717) is 6.54 Å². The van der Waals surface area contributed by atoms with Gasteiger partial charge >= 0.3 is 5.97 Å². The number of carbonyl (C=O) groups excluding carboxylic acids is 1. The fourth-order valence-electron chi connectivity index (χ4n) is 1.96. The molecule has 19 heavy (non-hydrogen) atoms. The van der Waals surface area contributed by atoms with Crippen molar-refractivity contribution in [3.63, 3.8) is 0 Å². The molecule has 2 heterocycles. The summed E-state index contributed by atoms with van der Waals surface area (Å²) in [5.74, 6) is -1.34. The predicted octanol–water partition coefficient (Wildman–Crippen LogP) is 1.93. The fraction of sp³-hybridized carbons (Fsp3) is 0.500. The molecule has 1 saturated heterocycles. The third kappa shape index (κ3) is 3.34. The van der Waals surface area contributed by atoms with Gasteiger partial charge in [-0.05, 0) is 35.0 Å². The molecule has 5 nitrogen and oxygen atoms in total. The van der Waals surface area contributed by atoms with Crippen molar-refractivity contribution in [2.45, 2.75) is 18.9 Å². The molecule has 1 fully saturated rings. The highest BCUT2D eigenvalue weighted by molar-refractivity contribution is 9.11. The average molecular weight is 348 g/mol. The highest BCUT2D eigenvalue weighted by Gasteiger charge is 2.31. The minimum Gasteiger partial charge on any atom is -0.479 e. The number of carboxylic acid groups (broad SMARTS) is 1. The molecule has 0 aromatic carbocycles. The summed E-state index contributed by atoms with van der Waals surface area (Å²) in [5.41, 5.74) is 0. The first-order valence-corrected chi connectivity index (χ1v) is 7.48. The van der Waals surface area contributed by atoms with Gasteiger partial charge in [-0.15, -0.1) is 11.3 Å². The molecule has 104 valence electrons. The van der Waals surface area contributed by atoms with Crippen molar-refractivity contribution in [1.82, 2.24) is 4.90 Å². The molecule has 2 atom stereocenters. The summed E-state index contributed by atoms with van der Waals surface area (Å²) in [6.07, 6.45) is -0.917. The number of carbonyl (C=O) groups is 2. The molecular formula is C12H14BrNO4S. The molecular weight excluding hydrogens is 334 g/mol. The molecule has 1 aromatic heterocycles. The monoisotopic (exact) mass is 347 g/mol. The average Bonchev–Trinajstić information content (AvgIpc) is 2.84. The lowest BCUT2D eigenvalue weighted by Crippen LogP contribution is -2.49. The molecule has 1 aliphatic heterocycles. The van der Waals surface area contributed by atoms with Crippen molar-refractivity contribution in [2.24, 2.45) is 0 Å². The van der Waals surface area contributed by atoms with Gasteiger partial charge in [0.1, 0.15) is 0 Å². The van der Waals surface area contributed by atoms with Crippen LogP contribution < -0.4 is 0 Å². The summed E-state index contributed by atoms with van der Waals surface area (Å²) in [4.78, 5) is 25.8. The Hall–Kier alpha value is -0.920. The highest BCUT2D eigenvalue weighted by Crippen LogP contribution is 2.29. The van der Waals surface area contributed by atoms with Crippen molar-refractivity contribution in [1.29, 1.82) is 0 Å². The van der Waals surface area contributed by atoms with E-state index in [4.69, 9.17) is 9.84 Å². The zero-order valence-corrected chi connectivity index (χ0v) is 12.7. The Labute approximate surface area is 123 Å². The number of morpholine rings is 1. The molecule has 0 radical (unpaired) electrons. The summed E-state index contributed by atoms with van der Waals surface area (Å²) in [5, 5.41) is 8.93. The van der Waals surface area contributed by atoms with E-state index in [1.807, 2.05) is 19.1 Å². The first-order valence-electron chi connectivity index (χ1n) is 5.87. The number of carboxylic acids is 1. The van der Waals surface area contributed by atoms with E-state index in [1.54, 1.807) is 4.90 Å². The van der Waals surface area contributed by atoms with Gasteiger partial charge in [-0.2, -0.15) is 0 Å². The van der Waals surface area contributed by atoms with E-state index < -0.39 is 12.1 Å². The van der Waals surface area contributed by atoms with Crippen molar-refractivity contribution in [2.75, 3.05) is 19.7 Å². The Morgan fingerprint density at radius 3 is 2.89 bits per heavy atom. The fourth-order valence-corrected chi connectivity index (χ4v) is 3.42. The van der Waals surface area contributed by atoms with Crippen LogP contribution in [0.5, 0.6) is 0 Å². The lowest BCUT2D eigenvalue weighted by atomic mass is 10.1. The highest BCUT2D eigenvalue weighted by atomic mass is 79.9. The zero-order valence-electron chi connectivity index (χ0n) is 10.3. The third-order valence-corrected chi connectivity index (χ3v) is 4.85. The number of hydrogen-bond acceptors (Lipinski definition) is 4. The first kappa shape index (κ1) is 14.5. The Balaban J connectivity index is 2.04. The van der Waals surface area contributed by atoms with Gasteiger partial charge in [-0.1, -0.05) is 0 Å². The number of ether oxygens (including phenoxy) is 1. The van der Waals surface area contributed by atoms with Crippen LogP contribution >= 0.6 is 27.3 Å². The summed E-state index contributed by atoms with van der Waals surface area (Å²) < 4.78 is 6.09. The molecule has 1 amide bonds. The van der Waals surface area contributed by atoms with E-state index in [2.05, 4.69) is 15.9 Å². The molecule has 0 bridgehead atoms. The van der Waals surface area contributed by atoms with Gasteiger partial charge in [0.05, 0.1) is 22.9 Å². The van der Waals surface area contributed by atoms with E-state index in [0.717, 1.165) is 8.66 Å². The number of thiophene rings is 1. The van der Waals surface area contributed by atoms with Crippen LogP contribution in [0.4, 0.5) is 0 Å². The van der Waals surface area contributed by atoms with Gasteiger partial charge < -0.3 is 14.7 Å². The summed E-state index contributed by atoms with van der Waals surface area (Å²) in [6, 6.07) is 3.82. The standard InChI is InChI=1S/C12H14BrNO4S/c1-7(9-2-3-10(13)19-9)11(15)14-4-5-18-8(6-14)12(16)17/h2-3,7-8H,4-6H2,1H3,(H,16,17)/t7-,8-/m1/s1. The van der Waals surface area contributed by atoms with Crippen LogP contribution in [-0.4, -0.2) is 47.7 Å². The molecule has 0 saturated carbocycles. The van der Waals surface area contributed by atoms with Crippen LogP contribution in [0.3, 0.4) is 0 Å². The molecule has 0 unspecified atom stereocenters. The number of halogens is 1. The number of hydrogen-bond donors (Lipinski definition) is 1. The summed E-state index contributed by atoms with van der Waals surface area (Å²) >= 11 is 4.89. The van der Waals surface area contributed by atoms with Gasteiger partial charge in [0.15, 0.2) is 6.10 Å². The summed E-state index contributed by atoms with van der Waals surface area (Å²) in [7, 11) is 0. The minimum absolute atomic E-state index is 0.0519. The van der Waals surface area contributed by atoms with Gasteiger partial charge in [-0.3, -0.25) is 4.79 Å². The maximum Gasteiger partial charge on any atom is 0.334 e. The van der Waals surface area contributed by atoms with Crippen LogP contribution in [0.1, 0.15) is 17.7 Å². The normalized spacial score (nSPS) is 21.2. The van der Waals surface area contributed by atoms with Crippen LogP contribution in [-0.2, 0) is 14.3 Å². The van der Waals surface area contributed by atoms with Crippen LogP contribution in [0.2, 0.25) is 0 Å². The second-order valence-electron chi connectivity index (χ2n) is 4.35. The smallest absolute Gasteiger partial charge is 0.334 e. The van der Waals surface area contributed by atoms with Crippen molar-refractivity contribution in [3.05, 3.63) is 20.8 Å².